The third-order valence-electron chi connectivity index (χ3n) is 3.56. The maximum Gasteiger partial charge on any atom is 0.241 e. The standard InChI is InChI=1S/C15H22N6O3S/c1-3-21(4-2)25(23,24)10-14(22)17-12-7-5-11(6-8-12)15-18-13(9-16)19-20-15/h5-8H,3-4,9-10,16H2,1-2H3,(H,17,22)(H,18,19,20). The number of rotatable bonds is 8. The number of hydrogen-bond donors (Lipinski definition) is 3. The first-order valence-electron chi connectivity index (χ1n) is 7.89. The molecule has 0 unspecified atom stereocenters. The summed E-state index contributed by atoms with van der Waals surface area (Å²) in [4.78, 5) is 16.2. The van der Waals surface area contributed by atoms with E-state index in [4.69, 9.17) is 5.73 Å². The smallest absolute Gasteiger partial charge is 0.241 e. The minimum Gasteiger partial charge on any atom is -0.325 e. The van der Waals surface area contributed by atoms with E-state index in [2.05, 4.69) is 20.5 Å². The van der Waals surface area contributed by atoms with Gasteiger partial charge in [0.2, 0.25) is 15.9 Å². The number of hydrogen-bond acceptors (Lipinski definition) is 6. The Morgan fingerprint density at radius 2 is 1.88 bits per heavy atom. The average molecular weight is 366 g/mol. The van der Waals surface area contributed by atoms with Gasteiger partial charge in [0, 0.05) is 24.3 Å². The average Bonchev–Trinajstić information content (AvgIpc) is 3.04. The van der Waals surface area contributed by atoms with Crippen molar-refractivity contribution in [1.29, 1.82) is 0 Å². The molecular weight excluding hydrogens is 344 g/mol. The number of carbonyl (C=O) groups is 1. The Morgan fingerprint density at radius 1 is 1.24 bits per heavy atom. The summed E-state index contributed by atoms with van der Waals surface area (Å²) < 4.78 is 25.5. The molecule has 0 atom stereocenters. The van der Waals surface area contributed by atoms with Crippen molar-refractivity contribution in [2.24, 2.45) is 5.73 Å². The molecule has 10 heteroatoms. The first-order chi connectivity index (χ1) is 11.9. The van der Waals surface area contributed by atoms with E-state index < -0.39 is 21.7 Å². The van der Waals surface area contributed by atoms with Crippen LogP contribution in [0, 0.1) is 0 Å². The summed E-state index contributed by atoms with van der Waals surface area (Å²) in [5.41, 5.74) is 6.73. The summed E-state index contributed by atoms with van der Waals surface area (Å²) in [6.45, 7) is 4.40. The number of nitrogens with two attached hydrogens (primary N) is 1. The minimum atomic E-state index is -3.61. The van der Waals surface area contributed by atoms with Crippen molar-refractivity contribution in [3.05, 3.63) is 30.1 Å². The van der Waals surface area contributed by atoms with Crippen molar-refractivity contribution in [2.45, 2.75) is 20.4 Å². The normalized spacial score (nSPS) is 11.7. The summed E-state index contributed by atoms with van der Waals surface area (Å²) in [6, 6.07) is 6.79. The fraction of sp³-hybridized carbons (Fsp3) is 0.400. The summed E-state index contributed by atoms with van der Waals surface area (Å²) in [5, 5.41) is 9.35. The van der Waals surface area contributed by atoms with Crippen LogP contribution in [-0.4, -0.2) is 52.7 Å². The molecule has 0 aliphatic carbocycles. The predicted molar refractivity (Wildman–Crippen MR) is 95.0 cm³/mol. The van der Waals surface area contributed by atoms with Crippen LogP contribution in [-0.2, 0) is 21.4 Å². The molecule has 1 aromatic carbocycles. The Kier molecular flexibility index (Phi) is 6.23. The number of aromatic amines is 1. The highest BCUT2D eigenvalue weighted by molar-refractivity contribution is 7.89. The van der Waals surface area contributed by atoms with Gasteiger partial charge in [0.15, 0.2) is 5.82 Å². The molecule has 9 nitrogen and oxygen atoms in total. The number of carbonyl (C=O) groups excluding carboxylic acids is 1. The molecule has 0 bridgehead atoms. The molecular formula is C15H22N6O3S. The summed E-state index contributed by atoms with van der Waals surface area (Å²) >= 11 is 0. The van der Waals surface area contributed by atoms with E-state index in [0.717, 1.165) is 5.56 Å². The molecule has 1 amide bonds. The maximum absolute atomic E-state index is 12.1. The zero-order valence-electron chi connectivity index (χ0n) is 14.2. The molecule has 1 aromatic heterocycles. The molecule has 136 valence electrons. The molecule has 0 spiro atoms. The lowest BCUT2D eigenvalue weighted by Gasteiger charge is -2.17. The van der Waals surface area contributed by atoms with Crippen LogP contribution >= 0.6 is 0 Å². The van der Waals surface area contributed by atoms with Crippen LogP contribution < -0.4 is 11.1 Å². The molecule has 4 N–H and O–H groups in total. The van der Waals surface area contributed by atoms with Crippen LogP contribution in [0.2, 0.25) is 0 Å². The molecule has 1 heterocycles. The molecule has 0 aliphatic rings. The quantitative estimate of drug-likeness (QED) is 0.624. The van der Waals surface area contributed by atoms with Gasteiger partial charge in [-0.3, -0.25) is 9.89 Å². The third-order valence-corrected chi connectivity index (χ3v) is 5.49. The van der Waals surface area contributed by atoms with Crippen LogP contribution in [0.15, 0.2) is 24.3 Å². The van der Waals surface area contributed by atoms with Gasteiger partial charge < -0.3 is 11.1 Å². The summed E-state index contributed by atoms with van der Waals surface area (Å²) in [5.74, 6) is -0.0867. The molecule has 0 saturated heterocycles. The molecule has 25 heavy (non-hydrogen) atoms. The van der Waals surface area contributed by atoms with Crippen molar-refractivity contribution < 1.29 is 13.2 Å². The lowest BCUT2D eigenvalue weighted by Crippen LogP contribution is -2.36. The van der Waals surface area contributed by atoms with Crippen LogP contribution in [0.1, 0.15) is 19.7 Å². The SMILES string of the molecule is CCN(CC)S(=O)(=O)CC(=O)Nc1ccc(-c2n[nH]c(CN)n2)cc1. The molecule has 2 rings (SSSR count). The van der Waals surface area contributed by atoms with Crippen LogP contribution in [0.4, 0.5) is 5.69 Å². The maximum atomic E-state index is 12.1. The first-order valence-corrected chi connectivity index (χ1v) is 9.50. The van der Waals surface area contributed by atoms with Crippen LogP contribution in [0.3, 0.4) is 0 Å². The summed E-state index contributed by atoms with van der Waals surface area (Å²) in [7, 11) is -3.61. The lowest BCUT2D eigenvalue weighted by molar-refractivity contribution is -0.113. The Bertz CT molecular complexity index is 812. The van der Waals surface area contributed by atoms with Gasteiger partial charge in [0.05, 0.1) is 6.54 Å². The number of anilines is 1. The number of nitrogens with one attached hydrogen (secondary N) is 2. The second kappa shape index (κ2) is 8.19. The van der Waals surface area contributed by atoms with E-state index in [1.807, 2.05) is 0 Å². The van der Waals surface area contributed by atoms with E-state index in [1.54, 1.807) is 38.1 Å². The first kappa shape index (κ1) is 19.0. The second-order valence-electron chi connectivity index (χ2n) is 5.28. The van der Waals surface area contributed by atoms with E-state index in [1.165, 1.54) is 4.31 Å². The zero-order valence-corrected chi connectivity index (χ0v) is 15.0. The van der Waals surface area contributed by atoms with Crippen LogP contribution in [0.25, 0.3) is 11.4 Å². The highest BCUT2D eigenvalue weighted by Crippen LogP contribution is 2.18. The highest BCUT2D eigenvalue weighted by Gasteiger charge is 2.22. The fourth-order valence-electron chi connectivity index (χ4n) is 2.29. The number of sulfonamides is 1. The summed E-state index contributed by atoms with van der Waals surface area (Å²) in [6.07, 6.45) is 0. The van der Waals surface area contributed by atoms with Gasteiger partial charge in [-0.2, -0.15) is 5.10 Å². The second-order valence-corrected chi connectivity index (χ2v) is 7.24. The van der Waals surface area contributed by atoms with E-state index >= 15 is 0 Å². The Labute approximate surface area is 146 Å². The topological polar surface area (TPSA) is 134 Å². The minimum absolute atomic E-state index is 0.266. The molecule has 0 fully saturated rings. The van der Waals surface area contributed by atoms with Gasteiger partial charge in [-0.15, -0.1) is 0 Å². The van der Waals surface area contributed by atoms with Crippen molar-refractivity contribution in [3.8, 4) is 11.4 Å². The molecule has 2 aromatic rings. The van der Waals surface area contributed by atoms with Gasteiger partial charge in [-0.1, -0.05) is 13.8 Å². The van der Waals surface area contributed by atoms with Crippen LogP contribution in [0.5, 0.6) is 0 Å². The van der Waals surface area contributed by atoms with Gasteiger partial charge in [-0.25, -0.2) is 17.7 Å². The number of amides is 1. The molecule has 0 saturated carbocycles. The van der Waals surface area contributed by atoms with Crippen molar-refractivity contribution >= 4 is 21.6 Å². The molecule has 0 radical (unpaired) electrons. The lowest BCUT2D eigenvalue weighted by atomic mass is 10.2. The number of H-pyrrole nitrogens is 1. The Hall–Kier alpha value is -2.30. The number of benzene rings is 1. The fourth-order valence-corrected chi connectivity index (χ4v) is 3.66. The van der Waals surface area contributed by atoms with Gasteiger partial charge >= 0.3 is 0 Å². The van der Waals surface area contributed by atoms with Gasteiger partial charge in [0.25, 0.3) is 0 Å². The third kappa shape index (κ3) is 4.84. The van der Waals surface area contributed by atoms with Crippen molar-refractivity contribution in [3.63, 3.8) is 0 Å². The Morgan fingerprint density at radius 3 is 2.40 bits per heavy atom. The van der Waals surface area contributed by atoms with E-state index in [9.17, 15) is 13.2 Å². The van der Waals surface area contributed by atoms with Gasteiger partial charge in [-0.05, 0) is 24.3 Å². The predicted octanol–water partition coefficient (Wildman–Crippen LogP) is 0.541. The molecule has 0 aliphatic heterocycles. The van der Waals surface area contributed by atoms with E-state index in [0.29, 0.717) is 30.4 Å². The van der Waals surface area contributed by atoms with Gasteiger partial charge in [0.1, 0.15) is 11.6 Å². The zero-order chi connectivity index (χ0) is 18.4. The van der Waals surface area contributed by atoms with Crippen molar-refractivity contribution in [2.75, 3.05) is 24.2 Å². The number of aromatic nitrogens is 3. The van der Waals surface area contributed by atoms with Crippen molar-refractivity contribution in [1.82, 2.24) is 19.5 Å². The Balaban J connectivity index is 2.02. The number of nitrogens with zero attached hydrogens (tertiary/aromatic N) is 3. The largest absolute Gasteiger partial charge is 0.325 e. The van der Waals surface area contributed by atoms with E-state index in [-0.39, 0.29) is 6.54 Å². The highest BCUT2D eigenvalue weighted by atomic mass is 32.2. The monoisotopic (exact) mass is 366 g/mol.